The second-order valence-corrected chi connectivity index (χ2v) is 11.2. The summed E-state index contributed by atoms with van der Waals surface area (Å²) in [6.45, 7) is 3.04. The topological polar surface area (TPSA) is 55.4 Å². The highest BCUT2D eigenvalue weighted by molar-refractivity contribution is 5.97. The van der Waals surface area contributed by atoms with Crippen LogP contribution in [0.25, 0.3) is 11.1 Å². The first-order chi connectivity index (χ1) is 19.6. The van der Waals surface area contributed by atoms with Crippen LogP contribution >= 0.6 is 0 Å². The fourth-order valence-corrected chi connectivity index (χ4v) is 6.29. The summed E-state index contributed by atoms with van der Waals surface area (Å²) in [5.41, 5.74) is 4.73. The molecule has 0 radical (unpaired) electrons. The van der Waals surface area contributed by atoms with Crippen molar-refractivity contribution in [2.45, 2.75) is 25.0 Å². The number of carbonyl (C=O) groups excluding carboxylic acids is 2. The fraction of sp³-hybridized carbons (Fsp3) is 0.257. The third kappa shape index (κ3) is 5.70. The average molecular weight is 532 g/mol. The van der Waals surface area contributed by atoms with Crippen LogP contribution in [0.15, 0.2) is 115 Å². The highest BCUT2D eigenvalue weighted by Crippen LogP contribution is 2.37. The van der Waals surface area contributed by atoms with Crippen molar-refractivity contribution in [1.82, 2.24) is 0 Å². The van der Waals surface area contributed by atoms with Gasteiger partial charge >= 0.3 is 5.97 Å². The van der Waals surface area contributed by atoms with Crippen molar-refractivity contribution >= 4 is 17.4 Å². The van der Waals surface area contributed by atoms with Gasteiger partial charge < -0.3 is 14.5 Å². The number of esters is 1. The molecule has 2 atom stereocenters. The molecule has 7 rings (SSSR count). The summed E-state index contributed by atoms with van der Waals surface area (Å²) in [5, 5.41) is 3.37. The molecule has 3 heterocycles. The number of hydrogen-bond acceptors (Lipinski definition) is 4. The second-order valence-electron chi connectivity index (χ2n) is 11.2. The first kappa shape index (κ1) is 26.0. The summed E-state index contributed by atoms with van der Waals surface area (Å²) in [7, 11) is 0. The number of benzene rings is 4. The van der Waals surface area contributed by atoms with Gasteiger partial charge in [0.15, 0.2) is 12.1 Å². The van der Waals surface area contributed by atoms with Gasteiger partial charge in [-0.15, -0.1) is 0 Å². The molecule has 1 N–H and O–H groups in total. The minimum atomic E-state index is -0.600. The molecule has 40 heavy (non-hydrogen) atoms. The Morgan fingerprint density at radius 1 is 0.750 bits per heavy atom. The Bertz CT molecular complexity index is 1430. The maximum atomic E-state index is 13.6. The number of hydrogen-bond donors (Lipinski definition) is 1. The molecule has 3 aliphatic heterocycles. The smallest absolute Gasteiger partial charge is 0.333 e. The van der Waals surface area contributed by atoms with E-state index in [0.29, 0.717) is 23.5 Å². The summed E-state index contributed by atoms with van der Waals surface area (Å²) >= 11 is 0. The largest absolute Gasteiger partial charge is 0.454 e. The van der Waals surface area contributed by atoms with E-state index in [1.54, 1.807) is 0 Å². The molecule has 5 nitrogen and oxygen atoms in total. The predicted molar refractivity (Wildman–Crippen MR) is 158 cm³/mol. The van der Waals surface area contributed by atoms with Crippen LogP contribution in [0.4, 0.5) is 5.69 Å². The molecule has 0 spiro atoms. The van der Waals surface area contributed by atoms with Crippen LogP contribution in [-0.2, 0) is 9.53 Å². The number of nitrogens with zero attached hydrogens (tertiary/aromatic N) is 1. The van der Waals surface area contributed by atoms with Crippen LogP contribution in [0.1, 0.15) is 34.8 Å². The van der Waals surface area contributed by atoms with Crippen molar-refractivity contribution in [3.63, 3.8) is 0 Å². The van der Waals surface area contributed by atoms with E-state index in [4.69, 9.17) is 4.74 Å². The van der Waals surface area contributed by atoms with Crippen molar-refractivity contribution in [3.8, 4) is 11.1 Å². The van der Waals surface area contributed by atoms with Crippen LogP contribution in [0.2, 0.25) is 0 Å². The normalized spacial score (nSPS) is 22.3. The van der Waals surface area contributed by atoms with Gasteiger partial charge in [-0.2, -0.15) is 0 Å². The molecule has 2 bridgehead atoms. The SMILES string of the molecule is O=C(C[N+]12CCC(CC1)[C@@H](OC(=O)[C@H](Nc1ccccc1)c1ccccc1)C2)c1ccc(-c2ccccc2)cc1. The predicted octanol–water partition coefficient (Wildman–Crippen LogP) is 6.54. The number of ether oxygens (including phenoxy) is 1. The molecule has 4 aromatic carbocycles. The summed E-state index contributed by atoms with van der Waals surface area (Å²) in [6, 6.07) is 37.0. The average Bonchev–Trinajstić information content (AvgIpc) is 3.01. The van der Waals surface area contributed by atoms with Crippen LogP contribution in [0, 0.1) is 5.92 Å². The number of fused-ring (bicyclic) bond motifs is 3. The second kappa shape index (κ2) is 11.5. The summed E-state index contributed by atoms with van der Waals surface area (Å²) in [5.74, 6) is 0.227. The first-order valence-corrected chi connectivity index (χ1v) is 14.2. The van der Waals surface area contributed by atoms with Gasteiger partial charge in [0.25, 0.3) is 0 Å². The number of rotatable bonds is 9. The quantitative estimate of drug-likeness (QED) is 0.151. The van der Waals surface area contributed by atoms with Gasteiger partial charge in [-0.3, -0.25) is 4.79 Å². The number of para-hydroxylation sites is 1. The number of Topliss-reactive ketones (excluding diaryl/α,β-unsaturated/α-hetero) is 1. The fourth-order valence-electron chi connectivity index (χ4n) is 6.29. The number of quaternary nitrogens is 1. The van der Waals surface area contributed by atoms with Gasteiger partial charge in [-0.25, -0.2) is 4.79 Å². The number of nitrogens with one attached hydrogen (secondary N) is 1. The highest BCUT2D eigenvalue weighted by Gasteiger charge is 2.49. The molecule has 0 unspecified atom stereocenters. The lowest BCUT2D eigenvalue weighted by atomic mass is 9.82. The zero-order valence-electron chi connectivity index (χ0n) is 22.6. The molecule has 0 amide bonds. The number of ketones is 1. The molecule has 3 saturated heterocycles. The van der Waals surface area contributed by atoms with Crippen molar-refractivity contribution < 1.29 is 18.8 Å². The molecule has 202 valence electrons. The van der Waals surface area contributed by atoms with Crippen molar-refractivity contribution in [3.05, 3.63) is 126 Å². The molecule has 5 heteroatoms. The number of carbonyl (C=O) groups is 2. The van der Waals surface area contributed by atoms with E-state index in [2.05, 4.69) is 17.4 Å². The molecule has 0 saturated carbocycles. The van der Waals surface area contributed by atoms with E-state index in [-0.39, 0.29) is 17.9 Å². The number of piperidine rings is 3. The van der Waals surface area contributed by atoms with Gasteiger partial charge in [-0.05, 0) is 28.8 Å². The Labute approximate surface area is 236 Å². The Hall–Kier alpha value is -4.22. The lowest BCUT2D eigenvalue weighted by Gasteiger charge is -2.51. The van der Waals surface area contributed by atoms with Crippen molar-refractivity contribution in [2.24, 2.45) is 5.92 Å². The Kier molecular flexibility index (Phi) is 7.47. The summed E-state index contributed by atoms with van der Waals surface area (Å²) in [4.78, 5) is 27.1. The molecule has 3 fully saturated rings. The van der Waals surface area contributed by atoms with Crippen molar-refractivity contribution in [1.29, 1.82) is 0 Å². The van der Waals surface area contributed by atoms with Gasteiger partial charge in [0.2, 0.25) is 5.78 Å². The zero-order chi connectivity index (χ0) is 27.4. The van der Waals surface area contributed by atoms with E-state index in [1.165, 1.54) is 0 Å². The van der Waals surface area contributed by atoms with E-state index in [1.807, 2.05) is 103 Å². The molecular formula is C35H35N2O3+. The third-order valence-corrected chi connectivity index (χ3v) is 8.56. The summed E-state index contributed by atoms with van der Waals surface area (Å²) < 4.78 is 6.95. The van der Waals surface area contributed by atoms with Crippen LogP contribution in [-0.4, -0.2) is 48.5 Å². The van der Waals surface area contributed by atoms with Crippen LogP contribution in [0.5, 0.6) is 0 Å². The Balaban J connectivity index is 1.14. The van der Waals surface area contributed by atoms with E-state index in [0.717, 1.165) is 53.9 Å². The molecular weight excluding hydrogens is 496 g/mol. The van der Waals surface area contributed by atoms with Gasteiger partial charge in [0, 0.05) is 30.0 Å². The maximum Gasteiger partial charge on any atom is 0.333 e. The Morgan fingerprint density at radius 2 is 1.32 bits per heavy atom. The van der Waals surface area contributed by atoms with E-state index >= 15 is 0 Å². The first-order valence-electron chi connectivity index (χ1n) is 14.2. The standard InChI is InChI=1S/C35H35N2O3/c38-32(28-18-16-27(17-19-28)26-10-4-1-5-11-26)24-37-22-20-29(21-23-37)33(25-37)40-35(39)34(30-12-6-2-7-13-30)36-31-14-8-3-9-15-31/h1-19,29,33-34,36H,20-25H2/q+1/t29?,33-,34+,37?/m0/s1. The zero-order valence-corrected chi connectivity index (χ0v) is 22.6. The van der Waals surface area contributed by atoms with Gasteiger partial charge in [0.1, 0.15) is 13.1 Å². The lowest BCUT2D eigenvalue weighted by Crippen LogP contribution is -2.65. The minimum absolute atomic E-state index is 0.151. The van der Waals surface area contributed by atoms with Crippen LogP contribution < -0.4 is 5.32 Å². The third-order valence-electron chi connectivity index (χ3n) is 8.56. The van der Waals surface area contributed by atoms with E-state index in [9.17, 15) is 9.59 Å². The van der Waals surface area contributed by atoms with Crippen molar-refractivity contribution in [2.75, 3.05) is 31.5 Å². The molecule has 0 aliphatic carbocycles. The lowest BCUT2D eigenvalue weighted by molar-refractivity contribution is -0.938. The number of anilines is 1. The van der Waals surface area contributed by atoms with Gasteiger partial charge in [0.05, 0.1) is 13.1 Å². The molecule has 3 aliphatic rings. The monoisotopic (exact) mass is 531 g/mol. The Morgan fingerprint density at radius 3 is 1.98 bits per heavy atom. The summed E-state index contributed by atoms with van der Waals surface area (Å²) in [6.07, 6.45) is 1.76. The van der Waals surface area contributed by atoms with Crippen LogP contribution in [0.3, 0.4) is 0 Å². The maximum absolute atomic E-state index is 13.6. The highest BCUT2D eigenvalue weighted by atomic mass is 16.5. The van der Waals surface area contributed by atoms with Gasteiger partial charge in [-0.1, -0.05) is 103 Å². The van der Waals surface area contributed by atoms with E-state index < -0.39 is 6.04 Å². The molecule has 0 aromatic heterocycles. The molecule has 4 aromatic rings. The minimum Gasteiger partial charge on any atom is -0.454 e.